The summed E-state index contributed by atoms with van der Waals surface area (Å²) in [6.07, 6.45) is 1.78. The maximum atomic E-state index is 9.43. The molecule has 12 heavy (non-hydrogen) atoms. The van der Waals surface area contributed by atoms with Crippen molar-refractivity contribution in [2.24, 2.45) is 0 Å². The van der Waals surface area contributed by atoms with Gasteiger partial charge in [0.05, 0.1) is 5.69 Å². The van der Waals surface area contributed by atoms with Crippen molar-refractivity contribution < 1.29 is 5.11 Å². The summed E-state index contributed by atoms with van der Waals surface area (Å²) in [5.74, 6) is 0.307. The van der Waals surface area contributed by atoms with Gasteiger partial charge in [0, 0.05) is 11.5 Å². The third-order valence-corrected chi connectivity index (χ3v) is 2.34. The Hall–Kier alpha value is -0.0900. The van der Waals surface area contributed by atoms with Gasteiger partial charge in [-0.3, -0.25) is 4.98 Å². The molecule has 0 aromatic carbocycles. The number of hydrogen-bond donors (Lipinski definition) is 1. The molecule has 1 rings (SSSR count). The molecule has 0 aliphatic heterocycles. The Morgan fingerprint density at radius 1 is 1.50 bits per heavy atom. The van der Waals surface area contributed by atoms with Crippen molar-refractivity contribution in [3.8, 4) is 5.75 Å². The monoisotopic (exact) mass is 295 g/mol. The maximum absolute atomic E-state index is 9.43. The lowest BCUT2D eigenvalue weighted by molar-refractivity contribution is 0.462. The molecule has 0 unspecified atom stereocenters. The number of aromatic nitrogens is 1. The summed E-state index contributed by atoms with van der Waals surface area (Å²) < 4.78 is 0. The minimum atomic E-state index is 0. The first-order valence-electron chi connectivity index (χ1n) is 3.36. The smallest absolute Gasteiger partial charge is 0.139 e. The summed E-state index contributed by atoms with van der Waals surface area (Å²) in [5.41, 5.74) is 2.63. The van der Waals surface area contributed by atoms with Crippen LogP contribution in [0.1, 0.15) is 16.8 Å². The van der Waals surface area contributed by atoms with Gasteiger partial charge in [-0.05, 0) is 25.0 Å². The van der Waals surface area contributed by atoms with Gasteiger partial charge in [0.25, 0.3) is 0 Å². The van der Waals surface area contributed by atoms with Crippen LogP contribution < -0.4 is 0 Å². The number of alkyl halides is 1. The van der Waals surface area contributed by atoms with Crippen molar-refractivity contribution in [1.82, 2.24) is 4.98 Å². The van der Waals surface area contributed by atoms with Gasteiger partial charge < -0.3 is 5.11 Å². The zero-order valence-electron chi connectivity index (χ0n) is 6.97. The quantitative estimate of drug-likeness (QED) is 0.809. The van der Waals surface area contributed by atoms with Crippen molar-refractivity contribution >= 4 is 32.9 Å². The predicted molar refractivity (Wildman–Crippen MR) is 58.3 cm³/mol. The molecule has 4 heteroatoms. The molecule has 1 N–H and O–H groups in total. The van der Waals surface area contributed by atoms with Crippen LogP contribution in [0.2, 0.25) is 0 Å². The standard InChI is InChI=1S/C8H10BrNO.BrH/c1-5-7(3-9)4-10-6(2)8(5)11;/h4,11H,3H2,1-2H3;1H. The minimum Gasteiger partial charge on any atom is -0.506 e. The summed E-state index contributed by atoms with van der Waals surface area (Å²) in [6, 6.07) is 0. The normalized spacial score (nSPS) is 9.25. The van der Waals surface area contributed by atoms with Crippen LogP contribution in [0.4, 0.5) is 0 Å². The molecule has 0 saturated carbocycles. The second kappa shape index (κ2) is 4.82. The Morgan fingerprint density at radius 3 is 2.58 bits per heavy atom. The predicted octanol–water partition coefficient (Wildman–Crippen LogP) is 2.88. The third-order valence-electron chi connectivity index (χ3n) is 1.74. The molecule has 0 aliphatic carbocycles. The van der Waals surface area contributed by atoms with Crippen LogP contribution in [0.25, 0.3) is 0 Å². The fourth-order valence-corrected chi connectivity index (χ4v) is 1.46. The van der Waals surface area contributed by atoms with Gasteiger partial charge in [-0.2, -0.15) is 0 Å². The molecule has 0 amide bonds. The Kier molecular flexibility index (Phi) is 4.78. The van der Waals surface area contributed by atoms with E-state index in [-0.39, 0.29) is 17.0 Å². The molecular weight excluding hydrogens is 286 g/mol. The third kappa shape index (κ3) is 2.20. The van der Waals surface area contributed by atoms with Crippen LogP contribution in [0.5, 0.6) is 5.75 Å². The van der Waals surface area contributed by atoms with Gasteiger partial charge in [-0.15, -0.1) is 17.0 Å². The van der Waals surface area contributed by atoms with E-state index >= 15 is 0 Å². The lowest BCUT2D eigenvalue weighted by Crippen LogP contribution is -1.91. The van der Waals surface area contributed by atoms with Gasteiger partial charge in [0.1, 0.15) is 5.75 Å². The fraction of sp³-hybridized carbons (Fsp3) is 0.375. The van der Waals surface area contributed by atoms with Crippen molar-refractivity contribution in [1.29, 1.82) is 0 Å². The minimum absolute atomic E-state index is 0. The van der Waals surface area contributed by atoms with E-state index < -0.39 is 0 Å². The second-order valence-corrected chi connectivity index (χ2v) is 3.04. The molecule has 0 radical (unpaired) electrons. The lowest BCUT2D eigenvalue weighted by atomic mass is 10.1. The molecular formula is C8H11Br2NO. The molecule has 0 saturated heterocycles. The number of aryl methyl sites for hydroxylation is 1. The molecule has 1 aromatic rings. The van der Waals surface area contributed by atoms with Crippen LogP contribution in [0, 0.1) is 13.8 Å². The number of halogens is 2. The molecule has 1 heterocycles. The molecule has 68 valence electrons. The zero-order valence-corrected chi connectivity index (χ0v) is 10.3. The Morgan fingerprint density at radius 2 is 2.08 bits per heavy atom. The molecule has 1 aromatic heterocycles. The first kappa shape index (κ1) is 11.9. The SMILES string of the molecule is Br.Cc1ncc(CBr)c(C)c1O. The summed E-state index contributed by atoms with van der Waals surface area (Å²) >= 11 is 3.32. The Bertz CT molecular complexity index is 276. The Balaban J connectivity index is 0.00000121. The lowest BCUT2D eigenvalue weighted by Gasteiger charge is -2.05. The van der Waals surface area contributed by atoms with Gasteiger partial charge in [0.15, 0.2) is 0 Å². The van der Waals surface area contributed by atoms with E-state index in [2.05, 4.69) is 20.9 Å². The van der Waals surface area contributed by atoms with Crippen LogP contribution in [0.15, 0.2) is 6.20 Å². The molecule has 0 bridgehead atoms. The average molecular weight is 297 g/mol. The van der Waals surface area contributed by atoms with Crippen LogP contribution in [0.3, 0.4) is 0 Å². The maximum Gasteiger partial charge on any atom is 0.139 e. The van der Waals surface area contributed by atoms with E-state index in [1.165, 1.54) is 0 Å². The van der Waals surface area contributed by atoms with Crippen LogP contribution >= 0.6 is 32.9 Å². The van der Waals surface area contributed by atoms with Crippen molar-refractivity contribution in [2.45, 2.75) is 19.2 Å². The van der Waals surface area contributed by atoms with E-state index in [4.69, 9.17) is 0 Å². The van der Waals surface area contributed by atoms with Gasteiger partial charge in [-0.25, -0.2) is 0 Å². The highest BCUT2D eigenvalue weighted by molar-refractivity contribution is 9.08. The zero-order chi connectivity index (χ0) is 8.43. The summed E-state index contributed by atoms with van der Waals surface area (Å²) in [4.78, 5) is 4.03. The Labute approximate surface area is 90.9 Å². The number of rotatable bonds is 1. The number of hydrogen-bond acceptors (Lipinski definition) is 2. The van der Waals surface area contributed by atoms with Crippen molar-refractivity contribution in [3.05, 3.63) is 23.0 Å². The molecule has 2 nitrogen and oxygen atoms in total. The topological polar surface area (TPSA) is 33.1 Å². The molecule has 0 aliphatic rings. The second-order valence-electron chi connectivity index (χ2n) is 2.48. The van der Waals surface area contributed by atoms with Gasteiger partial charge in [-0.1, -0.05) is 15.9 Å². The van der Waals surface area contributed by atoms with Gasteiger partial charge >= 0.3 is 0 Å². The summed E-state index contributed by atoms with van der Waals surface area (Å²) in [5, 5.41) is 10.2. The summed E-state index contributed by atoms with van der Waals surface area (Å²) in [7, 11) is 0. The number of nitrogens with zero attached hydrogens (tertiary/aromatic N) is 1. The fourth-order valence-electron chi connectivity index (χ4n) is 0.891. The highest BCUT2D eigenvalue weighted by Gasteiger charge is 2.04. The summed E-state index contributed by atoms with van der Waals surface area (Å²) in [6.45, 7) is 3.68. The van der Waals surface area contributed by atoms with Crippen molar-refractivity contribution in [3.63, 3.8) is 0 Å². The largest absolute Gasteiger partial charge is 0.506 e. The molecule has 0 atom stereocenters. The van der Waals surface area contributed by atoms with Crippen LogP contribution in [-0.2, 0) is 5.33 Å². The van der Waals surface area contributed by atoms with E-state index in [1.807, 2.05) is 6.92 Å². The number of aromatic hydroxyl groups is 1. The molecule has 0 fully saturated rings. The highest BCUT2D eigenvalue weighted by Crippen LogP contribution is 2.23. The highest BCUT2D eigenvalue weighted by atomic mass is 79.9. The number of pyridine rings is 1. The average Bonchev–Trinajstić information content (AvgIpc) is 2.01. The van der Waals surface area contributed by atoms with E-state index in [9.17, 15) is 5.11 Å². The first-order chi connectivity index (χ1) is 5.16. The first-order valence-corrected chi connectivity index (χ1v) is 4.49. The molecule has 0 spiro atoms. The van der Waals surface area contributed by atoms with Crippen LogP contribution in [-0.4, -0.2) is 10.1 Å². The van der Waals surface area contributed by atoms with E-state index in [0.29, 0.717) is 11.4 Å². The van der Waals surface area contributed by atoms with E-state index in [0.717, 1.165) is 16.5 Å². The van der Waals surface area contributed by atoms with Gasteiger partial charge in [0.2, 0.25) is 0 Å². The van der Waals surface area contributed by atoms with Crippen molar-refractivity contribution in [2.75, 3.05) is 0 Å². The van der Waals surface area contributed by atoms with E-state index in [1.54, 1.807) is 13.1 Å².